The van der Waals surface area contributed by atoms with Crippen molar-refractivity contribution in [3.8, 4) is 5.75 Å². The number of rotatable bonds is 1. The van der Waals surface area contributed by atoms with Gasteiger partial charge in [-0.3, -0.25) is 0 Å². The van der Waals surface area contributed by atoms with Crippen molar-refractivity contribution in [3.63, 3.8) is 0 Å². The molecule has 58 valence electrons. The summed E-state index contributed by atoms with van der Waals surface area (Å²) in [6.45, 7) is 0. The van der Waals surface area contributed by atoms with Crippen molar-refractivity contribution in [2.75, 3.05) is 0 Å². The zero-order valence-corrected chi connectivity index (χ0v) is 8.76. The lowest BCUT2D eigenvalue weighted by Gasteiger charge is -2.00. The van der Waals surface area contributed by atoms with E-state index in [0.717, 1.165) is 10.0 Å². The molecule has 0 atom stereocenters. The highest BCUT2D eigenvalue weighted by Gasteiger charge is 2.00. The van der Waals surface area contributed by atoms with Gasteiger partial charge in [-0.2, -0.15) is 0 Å². The van der Waals surface area contributed by atoms with Gasteiger partial charge in [-0.05, 0) is 27.0 Å². The minimum Gasteiger partial charge on any atom is -0.507 e. The number of benzene rings is 1. The van der Waals surface area contributed by atoms with Gasteiger partial charge in [-0.1, -0.05) is 34.1 Å². The number of phenols is 1. The summed E-state index contributed by atoms with van der Waals surface area (Å²) in [5, 5.41) is 9.32. The average Bonchev–Trinajstić information content (AvgIpc) is 2.04. The summed E-state index contributed by atoms with van der Waals surface area (Å²) in [6, 6.07) is 7.13. The van der Waals surface area contributed by atoms with Gasteiger partial charge in [-0.25, -0.2) is 0 Å². The van der Waals surface area contributed by atoms with Crippen molar-refractivity contribution in [2.24, 2.45) is 0 Å². The monoisotopic (exact) mass is 276 g/mol. The Morgan fingerprint density at radius 1 is 1.36 bits per heavy atom. The van der Waals surface area contributed by atoms with Crippen LogP contribution in [0.2, 0.25) is 0 Å². The van der Waals surface area contributed by atoms with Gasteiger partial charge in [0, 0.05) is 10.0 Å². The summed E-state index contributed by atoms with van der Waals surface area (Å²) < 4.78 is 0.829. The molecule has 0 fully saturated rings. The van der Waals surface area contributed by atoms with E-state index in [9.17, 15) is 5.11 Å². The maximum absolute atomic E-state index is 9.32. The highest BCUT2D eigenvalue weighted by Crippen LogP contribution is 2.29. The minimum atomic E-state index is 0.273. The van der Waals surface area contributed by atoms with Crippen LogP contribution in [0, 0.1) is 0 Å². The fourth-order valence-corrected chi connectivity index (χ4v) is 1.32. The second kappa shape index (κ2) is 3.93. The normalized spacial score (nSPS) is 11.6. The van der Waals surface area contributed by atoms with Gasteiger partial charge in [0.15, 0.2) is 0 Å². The van der Waals surface area contributed by atoms with Crippen LogP contribution in [0.3, 0.4) is 0 Å². The third-order valence-electron chi connectivity index (χ3n) is 1.26. The Hall–Kier alpha value is -0.280. The van der Waals surface area contributed by atoms with E-state index in [1.165, 1.54) is 0 Å². The van der Waals surface area contributed by atoms with E-state index in [1.54, 1.807) is 17.1 Å². The molecule has 0 amide bonds. The highest BCUT2D eigenvalue weighted by atomic mass is 79.9. The number of hydrogen-bond donors (Lipinski definition) is 1. The maximum atomic E-state index is 9.32. The van der Waals surface area contributed by atoms with Crippen molar-refractivity contribution in [3.05, 3.63) is 34.8 Å². The van der Waals surface area contributed by atoms with Gasteiger partial charge in [0.2, 0.25) is 0 Å². The van der Waals surface area contributed by atoms with Gasteiger partial charge < -0.3 is 5.11 Å². The molecule has 3 heteroatoms. The van der Waals surface area contributed by atoms with Gasteiger partial charge in [0.25, 0.3) is 0 Å². The molecule has 0 aromatic heterocycles. The molecule has 1 aromatic carbocycles. The number of halogens is 2. The molecule has 0 aliphatic carbocycles. The quantitative estimate of drug-likeness (QED) is 0.833. The molecule has 0 unspecified atom stereocenters. The van der Waals surface area contributed by atoms with Crippen molar-refractivity contribution in [1.82, 2.24) is 0 Å². The summed E-state index contributed by atoms with van der Waals surface area (Å²) in [7, 11) is 0. The summed E-state index contributed by atoms with van der Waals surface area (Å²) in [5.74, 6) is 0.273. The van der Waals surface area contributed by atoms with E-state index in [0.29, 0.717) is 0 Å². The Morgan fingerprint density at radius 3 is 2.55 bits per heavy atom. The van der Waals surface area contributed by atoms with Crippen LogP contribution in [-0.2, 0) is 0 Å². The van der Waals surface area contributed by atoms with Crippen LogP contribution in [0.4, 0.5) is 0 Å². The zero-order chi connectivity index (χ0) is 8.27. The van der Waals surface area contributed by atoms with Crippen LogP contribution in [0.1, 0.15) is 5.56 Å². The minimum absolute atomic E-state index is 0.273. The molecule has 0 saturated heterocycles. The van der Waals surface area contributed by atoms with Crippen LogP contribution in [0.25, 0.3) is 4.48 Å². The fraction of sp³-hybridized carbons (Fsp3) is 0. The van der Waals surface area contributed by atoms with Crippen LogP contribution >= 0.6 is 31.9 Å². The van der Waals surface area contributed by atoms with Gasteiger partial charge in [0.05, 0.1) is 0 Å². The van der Waals surface area contributed by atoms with Crippen LogP contribution in [-0.4, -0.2) is 5.11 Å². The third kappa shape index (κ3) is 2.07. The fourth-order valence-electron chi connectivity index (χ4n) is 0.734. The summed E-state index contributed by atoms with van der Waals surface area (Å²) in [6.07, 6.45) is 0. The molecule has 0 aliphatic heterocycles. The Kier molecular flexibility index (Phi) is 3.15. The first kappa shape index (κ1) is 8.81. The largest absolute Gasteiger partial charge is 0.507 e. The molecule has 0 heterocycles. The summed E-state index contributed by atoms with van der Waals surface area (Å²) >= 11 is 6.46. The molecule has 1 N–H and O–H groups in total. The van der Waals surface area contributed by atoms with Crippen molar-refractivity contribution < 1.29 is 5.11 Å². The number of para-hydroxylation sites is 1. The van der Waals surface area contributed by atoms with E-state index in [-0.39, 0.29) is 5.75 Å². The van der Waals surface area contributed by atoms with E-state index >= 15 is 0 Å². The molecule has 0 saturated carbocycles. The molecular weight excluding hydrogens is 272 g/mol. The average molecular weight is 278 g/mol. The summed E-state index contributed by atoms with van der Waals surface area (Å²) in [4.78, 5) is 1.71. The Balaban J connectivity index is 3.14. The molecule has 0 spiro atoms. The SMILES string of the molecule is Oc1ccccc1/C(Br)=C/Br. The first-order chi connectivity index (χ1) is 5.25. The molecule has 0 bridgehead atoms. The number of phenolic OH excluding ortho intramolecular Hbond substituents is 1. The van der Waals surface area contributed by atoms with Gasteiger partial charge >= 0.3 is 0 Å². The van der Waals surface area contributed by atoms with E-state index in [1.807, 2.05) is 12.1 Å². The van der Waals surface area contributed by atoms with Crippen molar-refractivity contribution in [2.45, 2.75) is 0 Å². The lowest BCUT2D eigenvalue weighted by atomic mass is 10.2. The van der Waals surface area contributed by atoms with E-state index in [2.05, 4.69) is 31.9 Å². The second-order valence-corrected chi connectivity index (χ2v) is 3.29. The molecule has 1 nitrogen and oxygen atoms in total. The van der Waals surface area contributed by atoms with Crippen LogP contribution < -0.4 is 0 Å². The van der Waals surface area contributed by atoms with Crippen molar-refractivity contribution in [1.29, 1.82) is 0 Å². The smallest absolute Gasteiger partial charge is 0.123 e. The lowest BCUT2D eigenvalue weighted by molar-refractivity contribution is 0.474. The molecule has 1 aromatic rings. The summed E-state index contributed by atoms with van der Waals surface area (Å²) in [5.41, 5.74) is 0.782. The first-order valence-electron chi connectivity index (χ1n) is 3.00. The van der Waals surface area contributed by atoms with Gasteiger partial charge in [-0.15, -0.1) is 0 Å². The lowest BCUT2D eigenvalue weighted by Crippen LogP contribution is -1.75. The molecule has 1 rings (SSSR count). The van der Waals surface area contributed by atoms with E-state index < -0.39 is 0 Å². The predicted octanol–water partition coefficient (Wildman–Crippen LogP) is 3.48. The Bertz CT molecular complexity index is 281. The zero-order valence-electron chi connectivity index (χ0n) is 5.59. The highest BCUT2D eigenvalue weighted by molar-refractivity contribution is 9.16. The van der Waals surface area contributed by atoms with E-state index in [4.69, 9.17) is 0 Å². The topological polar surface area (TPSA) is 20.2 Å². The Labute approximate surface area is 82.0 Å². The number of aromatic hydroxyl groups is 1. The van der Waals surface area contributed by atoms with Crippen LogP contribution in [0.5, 0.6) is 5.75 Å². The molecule has 11 heavy (non-hydrogen) atoms. The molecule has 0 aliphatic rings. The van der Waals surface area contributed by atoms with Gasteiger partial charge in [0.1, 0.15) is 5.75 Å². The Morgan fingerprint density at radius 2 is 2.00 bits per heavy atom. The van der Waals surface area contributed by atoms with Crippen LogP contribution in [0.15, 0.2) is 29.3 Å². The third-order valence-corrected chi connectivity index (χ3v) is 2.99. The number of hydrogen-bond acceptors (Lipinski definition) is 1. The molecular formula is C8H6Br2O. The predicted molar refractivity (Wildman–Crippen MR) is 53.9 cm³/mol. The van der Waals surface area contributed by atoms with Crippen molar-refractivity contribution >= 4 is 36.3 Å². The standard InChI is InChI=1S/C8H6Br2O/c9-5-7(10)6-3-1-2-4-8(6)11/h1-5,11H/b7-5-. The molecule has 0 radical (unpaired) electrons. The first-order valence-corrected chi connectivity index (χ1v) is 4.71. The maximum Gasteiger partial charge on any atom is 0.123 e. The second-order valence-electron chi connectivity index (χ2n) is 1.97.